The van der Waals surface area contributed by atoms with Gasteiger partial charge in [-0.2, -0.15) is 0 Å². The Morgan fingerprint density at radius 3 is 1.09 bits per heavy atom. The Hall–Kier alpha value is -5.86. The Labute approximate surface area is 269 Å². The zero-order valence-electron chi connectivity index (χ0n) is 25.2. The molecular formula is C44H32O2. The number of rotatable bonds is 6. The van der Waals surface area contributed by atoms with Gasteiger partial charge in [-0.25, -0.2) is 0 Å². The molecule has 0 aliphatic heterocycles. The fraction of sp³-hybridized carbons (Fsp3) is 0.0455. The van der Waals surface area contributed by atoms with E-state index in [1.54, 1.807) is 24.3 Å². The van der Waals surface area contributed by atoms with Crippen molar-refractivity contribution in [3.8, 4) is 44.9 Å². The number of benzene rings is 2. The van der Waals surface area contributed by atoms with Crippen LogP contribution < -0.4 is 0 Å². The average molecular weight is 593 g/mol. The third kappa shape index (κ3) is 4.85. The molecular weight excluding hydrogens is 560 g/mol. The minimum Gasteiger partial charge on any atom is -0.508 e. The standard InChI is InChI=1S/C44H32O2/c45-33-22-16-31(17-23-33)43(39-26-20-29-10-4-1-6-12-35(29)39)41-28-42(38-15-9-3-8-14-37(38)41)44(32-18-24-34(46)25-19-32)40-27-21-30-11-5-2-7-13-36(30)40/h1-28,43-46H/t43-,44+. The topological polar surface area (TPSA) is 40.5 Å². The van der Waals surface area contributed by atoms with Crippen molar-refractivity contribution in [1.29, 1.82) is 0 Å². The van der Waals surface area contributed by atoms with Gasteiger partial charge >= 0.3 is 0 Å². The summed E-state index contributed by atoms with van der Waals surface area (Å²) in [6, 6.07) is 58.8. The van der Waals surface area contributed by atoms with Gasteiger partial charge in [0.2, 0.25) is 0 Å². The molecule has 2 nitrogen and oxygen atoms in total. The second-order valence-corrected chi connectivity index (χ2v) is 12.0. The molecule has 0 spiro atoms. The van der Waals surface area contributed by atoms with Gasteiger partial charge in [-0.3, -0.25) is 0 Å². The van der Waals surface area contributed by atoms with Crippen molar-refractivity contribution < 1.29 is 10.2 Å². The lowest BCUT2D eigenvalue weighted by Crippen LogP contribution is -2.04. The molecule has 8 rings (SSSR count). The normalized spacial score (nSPS) is 12.8. The molecule has 0 bridgehead atoms. The second kappa shape index (κ2) is 11.6. The van der Waals surface area contributed by atoms with E-state index in [0.29, 0.717) is 0 Å². The van der Waals surface area contributed by atoms with Gasteiger partial charge in [-0.1, -0.05) is 146 Å². The van der Waals surface area contributed by atoms with Crippen molar-refractivity contribution in [1.82, 2.24) is 0 Å². The highest BCUT2D eigenvalue weighted by Crippen LogP contribution is 2.50. The van der Waals surface area contributed by atoms with E-state index in [0.717, 1.165) is 11.1 Å². The summed E-state index contributed by atoms with van der Waals surface area (Å²) < 4.78 is 0. The van der Waals surface area contributed by atoms with E-state index in [4.69, 9.17) is 0 Å². The number of hydrogen-bond acceptors (Lipinski definition) is 2. The van der Waals surface area contributed by atoms with E-state index in [-0.39, 0.29) is 23.3 Å². The third-order valence-corrected chi connectivity index (χ3v) is 9.32. The van der Waals surface area contributed by atoms with Gasteiger partial charge in [0.05, 0.1) is 0 Å². The van der Waals surface area contributed by atoms with Crippen LogP contribution in [0.15, 0.2) is 170 Å². The zero-order valence-corrected chi connectivity index (χ0v) is 25.2. The lowest BCUT2D eigenvalue weighted by Gasteiger charge is -2.20. The summed E-state index contributed by atoms with van der Waals surface area (Å²) in [5.41, 5.74) is 14.3. The monoisotopic (exact) mass is 592 g/mol. The summed E-state index contributed by atoms with van der Waals surface area (Å²) in [4.78, 5) is 0. The molecule has 0 heterocycles. The van der Waals surface area contributed by atoms with E-state index in [1.165, 1.54) is 55.6 Å². The summed E-state index contributed by atoms with van der Waals surface area (Å²) in [5, 5.41) is 20.5. The lowest BCUT2D eigenvalue weighted by atomic mass is 9.83. The quantitative estimate of drug-likeness (QED) is 0.202. The first-order valence-corrected chi connectivity index (χ1v) is 15.7. The van der Waals surface area contributed by atoms with E-state index in [1.807, 2.05) is 24.3 Å². The number of fused-ring (bicyclic) bond motifs is 3. The summed E-state index contributed by atoms with van der Waals surface area (Å²) in [6.45, 7) is 0. The lowest BCUT2D eigenvalue weighted by molar-refractivity contribution is 0.474. The smallest absolute Gasteiger partial charge is 0.115 e. The molecule has 2 N–H and O–H groups in total. The fourth-order valence-corrected chi connectivity index (χ4v) is 7.22. The first-order valence-electron chi connectivity index (χ1n) is 15.7. The fourth-order valence-electron chi connectivity index (χ4n) is 7.22. The van der Waals surface area contributed by atoms with E-state index >= 15 is 0 Å². The zero-order chi connectivity index (χ0) is 31.0. The molecule has 2 heteroatoms. The average Bonchev–Trinajstić information content (AvgIpc) is 3.51. The highest BCUT2D eigenvalue weighted by molar-refractivity contribution is 5.83. The molecule has 0 saturated heterocycles. The summed E-state index contributed by atoms with van der Waals surface area (Å²) in [7, 11) is 0. The molecule has 0 aromatic heterocycles. The van der Waals surface area contributed by atoms with Crippen molar-refractivity contribution in [3.63, 3.8) is 0 Å². The van der Waals surface area contributed by atoms with Gasteiger partial charge in [0.25, 0.3) is 0 Å². The van der Waals surface area contributed by atoms with Crippen LogP contribution in [0.2, 0.25) is 0 Å². The molecule has 220 valence electrons. The highest BCUT2D eigenvalue weighted by atomic mass is 16.3. The molecule has 6 aliphatic carbocycles. The maximum Gasteiger partial charge on any atom is 0.115 e. The predicted molar refractivity (Wildman–Crippen MR) is 187 cm³/mol. The van der Waals surface area contributed by atoms with Crippen LogP contribution in [0.1, 0.15) is 45.2 Å². The van der Waals surface area contributed by atoms with E-state index in [2.05, 4.69) is 121 Å². The number of phenolic OH excluding ortho intramolecular Hbond substituents is 2. The third-order valence-electron chi connectivity index (χ3n) is 9.32. The van der Waals surface area contributed by atoms with Crippen LogP contribution in [-0.4, -0.2) is 10.2 Å². The molecule has 2 aromatic rings. The number of hydrogen-bond donors (Lipinski definition) is 2. The number of phenols is 2. The van der Waals surface area contributed by atoms with Crippen LogP contribution in [0.25, 0.3) is 33.4 Å². The van der Waals surface area contributed by atoms with Gasteiger partial charge in [-0.15, -0.1) is 0 Å². The van der Waals surface area contributed by atoms with Gasteiger partial charge in [0, 0.05) is 11.8 Å². The second-order valence-electron chi connectivity index (χ2n) is 12.0. The van der Waals surface area contributed by atoms with Gasteiger partial charge < -0.3 is 10.2 Å². The van der Waals surface area contributed by atoms with Crippen molar-refractivity contribution in [2.24, 2.45) is 0 Å². The largest absolute Gasteiger partial charge is 0.508 e. The van der Waals surface area contributed by atoms with Crippen LogP contribution in [0, 0.1) is 0 Å². The van der Waals surface area contributed by atoms with E-state index < -0.39 is 0 Å². The van der Waals surface area contributed by atoms with Crippen LogP contribution in [0.4, 0.5) is 0 Å². The van der Waals surface area contributed by atoms with Crippen LogP contribution in [-0.2, 0) is 0 Å². The van der Waals surface area contributed by atoms with E-state index in [9.17, 15) is 10.2 Å². The van der Waals surface area contributed by atoms with Crippen LogP contribution in [0.3, 0.4) is 0 Å². The Bertz CT molecular complexity index is 2020. The Kier molecular flexibility index (Phi) is 6.96. The Morgan fingerprint density at radius 2 is 0.674 bits per heavy atom. The van der Waals surface area contributed by atoms with Crippen LogP contribution >= 0.6 is 0 Å². The highest BCUT2D eigenvalue weighted by Gasteiger charge is 2.32. The molecule has 46 heavy (non-hydrogen) atoms. The molecule has 0 amide bonds. The van der Waals surface area contributed by atoms with Gasteiger partial charge in [0.1, 0.15) is 11.5 Å². The van der Waals surface area contributed by atoms with Gasteiger partial charge in [-0.05, 0) is 91.0 Å². The minimum atomic E-state index is -0.0752. The maximum absolute atomic E-state index is 10.3. The van der Waals surface area contributed by atoms with Crippen molar-refractivity contribution in [3.05, 3.63) is 203 Å². The molecule has 0 fully saturated rings. The SMILES string of the molecule is Oc1ccc([C@H](c2ccc3cccccc2-3)c2cc([C@@H](c3ccc(O)cc3)c3ccc4cccccc3-4)c3cccccc2-3)cc1. The minimum absolute atomic E-state index is 0.0752. The summed E-state index contributed by atoms with van der Waals surface area (Å²) in [6.07, 6.45) is 0. The molecule has 0 radical (unpaired) electrons. The molecule has 6 aliphatic rings. The maximum atomic E-state index is 10.3. The predicted octanol–water partition coefficient (Wildman–Crippen LogP) is 10.8. The number of aromatic hydroxyl groups is 2. The Balaban J connectivity index is 1.42. The van der Waals surface area contributed by atoms with Crippen molar-refractivity contribution >= 4 is 0 Å². The Morgan fingerprint density at radius 1 is 0.304 bits per heavy atom. The molecule has 0 unspecified atom stereocenters. The first kappa shape index (κ1) is 27.7. The molecule has 2 aromatic carbocycles. The molecule has 2 atom stereocenters. The van der Waals surface area contributed by atoms with Crippen molar-refractivity contribution in [2.75, 3.05) is 0 Å². The molecule has 0 saturated carbocycles. The summed E-state index contributed by atoms with van der Waals surface area (Å²) >= 11 is 0. The summed E-state index contributed by atoms with van der Waals surface area (Å²) in [5.74, 6) is 0.358. The van der Waals surface area contributed by atoms with Crippen LogP contribution in [0.5, 0.6) is 11.5 Å². The first-order chi connectivity index (χ1) is 22.7. The van der Waals surface area contributed by atoms with Crippen molar-refractivity contribution in [2.45, 2.75) is 11.8 Å². The van der Waals surface area contributed by atoms with Gasteiger partial charge in [0.15, 0.2) is 0 Å².